The van der Waals surface area contributed by atoms with Gasteiger partial charge in [0.25, 0.3) is 5.69 Å². The van der Waals surface area contributed by atoms with Crippen molar-refractivity contribution in [3.8, 4) is 0 Å². The molecule has 1 atom stereocenters. The highest BCUT2D eigenvalue weighted by Crippen LogP contribution is 2.42. The molecule has 1 aromatic rings. The van der Waals surface area contributed by atoms with Gasteiger partial charge in [0, 0.05) is 22.7 Å². The molecule has 2 rings (SSSR count). The van der Waals surface area contributed by atoms with Gasteiger partial charge in [0.1, 0.15) is 4.28 Å². The van der Waals surface area contributed by atoms with Crippen LogP contribution in [0.15, 0.2) is 23.1 Å². The number of alkyl halides is 1. The Hall–Kier alpha value is -0.750. The molecule has 0 amide bonds. The molecular formula is C7H5BrN2O2S. The van der Waals surface area contributed by atoms with Crippen molar-refractivity contribution in [3.05, 3.63) is 28.3 Å². The van der Waals surface area contributed by atoms with Gasteiger partial charge in [0.15, 0.2) is 0 Å². The van der Waals surface area contributed by atoms with Gasteiger partial charge in [0.05, 0.1) is 4.92 Å². The molecule has 1 unspecified atom stereocenters. The summed E-state index contributed by atoms with van der Waals surface area (Å²) in [4.78, 5) is 11.0. The predicted octanol–water partition coefficient (Wildman–Crippen LogP) is 2.79. The fourth-order valence-electron chi connectivity index (χ4n) is 1.10. The number of nitrogens with one attached hydrogen (secondary N) is 1. The third-order valence-corrected chi connectivity index (χ3v) is 3.38. The summed E-state index contributed by atoms with van der Waals surface area (Å²) in [5.74, 6) is 0. The van der Waals surface area contributed by atoms with Crippen LogP contribution in [0.1, 0.15) is 0 Å². The molecule has 1 aromatic carbocycles. The van der Waals surface area contributed by atoms with Crippen molar-refractivity contribution in [1.82, 2.24) is 0 Å². The fraction of sp³-hybridized carbons (Fsp3) is 0.143. The maximum absolute atomic E-state index is 10.4. The SMILES string of the molecule is O=[N+]([O-])c1ccc2c(c1)SC(Br)N2. The van der Waals surface area contributed by atoms with E-state index in [-0.39, 0.29) is 14.9 Å². The van der Waals surface area contributed by atoms with Gasteiger partial charge in [0.2, 0.25) is 0 Å². The maximum Gasteiger partial charge on any atom is 0.270 e. The topological polar surface area (TPSA) is 55.2 Å². The van der Waals surface area contributed by atoms with Crippen LogP contribution in [0.4, 0.5) is 11.4 Å². The zero-order valence-corrected chi connectivity index (χ0v) is 8.76. The second-order valence-electron chi connectivity index (χ2n) is 2.52. The molecule has 1 aliphatic rings. The van der Waals surface area contributed by atoms with Crippen LogP contribution in [-0.4, -0.2) is 9.21 Å². The van der Waals surface area contributed by atoms with E-state index in [0.29, 0.717) is 0 Å². The van der Waals surface area contributed by atoms with Crippen LogP contribution >= 0.6 is 27.7 Å². The summed E-state index contributed by atoms with van der Waals surface area (Å²) in [6, 6.07) is 4.80. The smallest absolute Gasteiger partial charge is 0.270 e. The van der Waals surface area contributed by atoms with Crippen LogP contribution < -0.4 is 5.32 Å². The Labute approximate surface area is 87.0 Å². The average molecular weight is 261 g/mol. The van der Waals surface area contributed by atoms with Crippen molar-refractivity contribution < 1.29 is 4.92 Å². The lowest BCUT2D eigenvalue weighted by atomic mass is 10.3. The summed E-state index contributed by atoms with van der Waals surface area (Å²) in [5, 5.41) is 13.6. The summed E-state index contributed by atoms with van der Waals surface area (Å²) < 4.78 is 0.115. The molecule has 1 N–H and O–H groups in total. The van der Waals surface area contributed by atoms with Gasteiger partial charge >= 0.3 is 0 Å². The van der Waals surface area contributed by atoms with Crippen LogP contribution in [0.5, 0.6) is 0 Å². The molecule has 0 spiro atoms. The van der Waals surface area contributed by atoms with Gasteiger partial charge in [-0.2, -0.15) is 0 Å². The van der Waals surface area contributed by atoms with E-state index in [1.165, 1.54) is 17.8 Å². The number of halogens is 1. The van der Waals surface area contributed by atoms with E-state index in [0.717, 1.165) is 10.6 Å². The van der Waals surface area contributed by atoms with Gasteiger partial charge < -0.3 is 5.32 Å². The Bertz CT molecular complexity index is 372. The first-order valence-corrected chi connectivity index (χ1v) is 5.32. The Balaban J connectivity index is 2.40. The van der Waals surface area contributed by atoms with Crippen molar-refractivity contribution in [2.75, 3.05) is 5.32 Å². The number of thioether (sulfide) groups is 1. The highest BCUT2D eigenvalue weighted by Gasteiger charge is 2.20. The zero-order valence-electron chi connectivity index (χ0n) is 6.36. The molecule has 0 fully saturated rings. The Morgan fingerprint density at radius 2 is 2.38 bits per heavy atom. The number of benzene rings is 1. The first kappa shape index (κ1) is 8.83. The molecule has 0 radical (unpaired) electrons. The zero-order chi connectivity index (χ0) is 9.42. The molecule has 0 saturated carbocycles. The standard InChI is InChI=1S/C7H5BrN2O2S/c8-7-9-5-2-1-4(10(11)12)3-6(5)13-7/h1-3,7,9H. The molecule has 0 aromatic heterocycles. The van der Waals surface area contributed by atoms with Crippen LogP contribution in [0.2, 0.25) is 0 Å². The van der Waals surface area contributed by atoms with Crippen molar-refractivity contribution in [1.29, 1.82) is 0 Å². The highest BCUT2D eigenvalue weighted by atomic mass is 79.9. The Morgan fingerprint density at radius 3 is 3.08 bits per heavy atom. The minimum atomic E-state index is -0.387. The quantitative estimate of drug-likeness (QED) is 0.365. The van der Waals surface area contributed by atoms with E-state index in [1.807, 2.05) is 0 Å². The van der Waals surface area contributed by atoms with Crippen molar-refractivity contribution >= 4 is 39.1 Å². The van der Waals surface area contributed by atoms with Crippen LogP contribution in [0, 0.1) is 10.1 Å². The minimum absolute atomic E-state index is 0.115. The average Bonchev–Trinajstić information content (AvgIpc) is 2.42. The monoisotopic (exact) mass is 260 g/mol. The largest absolute Gasteiger partial charge is 0.363 e. The second kappa shape index (κ2) is 3.19. The molecular weight excluding hydrogens is 256 g/mol. The lowest BCUT2D eigenvalue weighted by Crippen LogP contribution is -1.98. The number of nitro benzene ring substituents is 1. The number of non-ortho nitro benzene ring substituents is 1. The number of hydrogen-bond acceptors (Lipinski definition) is 4. The molecule has 1 aliphatic heterocycles. The fourth-order valence-corrected chi connectivity index (χ4v) is 2.81. The van der Waals surface area contributed by atoms with Gasteiger partial charge in [-0.3, -0.25) is 10.1 Å². The third kappa shape index (κ3) is 1.64. The summed E-state index contributed by atoms with van der Waals surface area (Å²) in [6.45, 7) is 0. The van der Waals surface area contributed by atoms with Gasteiger partial charge in [-0.1, -0.05) is 27.7 Å². The van der Waals surface area contributed by atoms with Crippen LogP contribution in [-0.2, 0) is 0 Å². The van der Waals surface area contributed by atoms with E-state index in [1.54, 1.807) is 12.1 Å². The Kier molecular flexibility index (Phi) is 2.17. The molecule has 6 heteroatoms. The highest BCUT2D eigenvalue weighted by molar-refractivity contribution is 9.11. The molecule has 0 saturated heterocycles. The van der Waals surface area contributed by atoms with Crippen LogP contribution in [0.3, 0.4) is 0 Å². The first-order valence-electron chi connectivity index (χ1n) is 3.52. The van der Waals surface area contributed by atoms with Gasteiger partial charge in [-0.15, -0.1) is 0 Å². The number of hydrogen-bond donors (Lipinski definition) is 1. The number of nitrogens with zero attached hydrogens (tertiary/aromatic N) is 1. The number of fused-ring (bicyclic) bond motifs is 1. The van der Waals surface area contributed by atoms with E-state index in [9.17, 15) is 10.1 Å². The van der Waals surface area contributed by atoms with Crippen molar-refractivity contribution in [2.24, 2.45) is 0 Å². The molecule has 0 bridgehead atoms. The van der Waals surface area contributed by atoms with Gasteiger partial charge in [-0.05, 0) is 6.07 Å². The number of nitro groups is 1. The van der Waals surface area contributed by atoms with Crippen molar-refractivity contribution in [2.45, 2.75) is 9.18 Å². The lowest BCUT2D eigenvalue weighted by Gasteiger charge is -1.97. The normalized spacial score (nSPS) is 19.3. The number of rotatable bonds is 1. The molecule has 13 heavy (non-hydrogen) atoms. The van der Waals surface area contributed by atoms with Crippen molar-refractivity contribution in [3.63, 3.8) is 0 Å². The summed E-state index contributed by atoms with van der Waals surface area (Å²) in [5.41, 5.74) is 1.08. The molecule has 1 heterocycles. The second-order valence-corrected chi connectivity index (χ2v) is 5.18. The van der Waals surface area contributed by atoms with E-state index in [2.05, 4.69) is 21.2 Å². The minimum Gasteiger partial charge on any atom is -0.363 e. The van der Waals surface area contributed by atoms with E-state index in [4.69, 9.17) is 0 Å². The lowest BCUT2D eigenvalue weighted by molar-refractivity contribution is -0.385. The first-order chi connectivity index (χ1) is 6.16. The maximum atomic E-state index is 10.4. The van der Waals surface area contributed by atoms with E-state index >= 15 is 0 Å². The van der Waals surface area contributed by atoms with Gasteiger partial charge in [-0.25, -0.2) is 0 Å². The summed E-state index contributed by atoms with van der Waals surface area (Å²) in [6.07, 6.45) is 0. The molecule has 4 nitrogen and oxygen atoms in total. The predicted molar refractivity (Wildman–Crippen MR) is 55.3 cm³/mol. The van der Waals surface area contributed by atoms with E-state index < -0.39 is 0 Å². The summed E-state index contributed by atoms with van der Waals surface area (Å²) in [7, 11) is 0. The third-order valence-electron chi connectivity index (χ3n) is 1.68. The molecule has 68 valence electrons. The van der Waals surface area contributed by atoms with Crippen LogP contribution in [0.25, 0.3) is 0 Å². The summed E-state index contributed by atoms with van der Waals surface area (Å²) >= 11 is 4.89. The number of anilines is 1. The molecule has 0 aliphatic carbocycles. The Morgan fingerprint density at radius 1 is 1.62 bits per heavy atom.